The molecule has 0 aliphatic heterocycles. The molecule has 0 fully saturated rings. The molecule has 86 valence electrons. The smallest absolute Gasteiger partial charge is 0.245 e. The molecule has 1 rings (SSSR count). The minimum Gasteiger partial charge on any atom is -0.276 e. The second kappa shape index (κ2) is 7.53. The summed E-state index contributed by atoms with van der Waals surface area (Å²) in [5, 5.41) is -0.437. The molecule has 1 aromatic carbocycles. The number of benzene rings is 1. The number of halogens is 1. The predicted octanol–water partition coefficient (Wildman–Crippen LogP) is 4.36. The molecule has 0 N–H and O–H groups in total. The van der Waals surface area contributed by atoms with Crippen molar-refractivity contribution in [3.63, 3.8) is 0 Å². The highest BCUT2D eigenvalue weighted by Crippen LogP contribution is 2.24. The van der Waals surface area contributed by atoms with Crippen LogP contribution in [0.1, 0.15) is 25.3 Å². The molecule has 0 heterocycles. The summed E-state index contributed by atoms with van der Waals surface area (Å²) in [7, 11) is 0. The normalized spacial score (nSPS) is 10.9. The van der Waals surface area contributed by atoms with Crippen LogP contribution in [0.2, 0.25) is 0 Å². The molecule has 0 atom stereocenters. The Morgan fingerprint density at radius 2 is 2.19 bits per heavy atom. The number of unbranched alkanes of at least 4 members (excludes halogenated alkanes) is 1. The van der Waals surface area contributed by atoms with Gasteiger partial charge in [-0.2, -0.15) is 0 Å². The van der Waals surface area contributed by atoms with Crippen molar-refractivity contribution in [2.45, 2.75) is 24.7 Å². The zero-order valence-electron chi connectivity index (χ0n) is 9.28. The van der Waals surface area contributed by atoms with Gasteiger partial charge in [0, 0.05) is 4.90 Å². The maximum Gasteiger partial charge on any atom is 0.245 e. The Labute approximate surface area is 106 Å². The van der Waals surface area contributed by atoms with Gasteiger partial charge in [0.2, 0.25) is 5.24 Å². The SMILES string of the molecule is CCCCSc1ccccc1/C=C/C(=O)Cl. The number of rotatable bonds is 6. The zero-order chi connectivity index (χ0) is 11.8. The Balaban J connectivity index is 2.71. The van der Waals surface area contributed by atoms with Crippen molar-refractivity contribution in [2.24, 2.45) is 0 Å². The Kier molecular flexibility index (Phi) is 6.27. The standard InChI is InChI=1S/C13H15ClOS/c1-2-3-10-16-12-7-5-4-6-11(12)8-9-13(14)15/h4-9H,2-3,10H2,1H3/b9-8+. The molecular weight excluding hydrogens is 240 g/mol. The van der Waals surface area contributed by atoms with Gasteiger partial charge in [0.25, 0.3) is 0 Å². The number of hydrogen-bond acceptors (Lipinski definition) is 2. The van der Waals surface area contributed by atoms with Gasteiger partial charge >= 0.3 is 0 Å². The van der Waals surface area contributed by atoms with E-state index >= 15 is 0 Å². The molecule has 0 aliphatic carbocycles. The third kappa shape index (κ3) is 4.86. The number of allylic oxidation sites excluding steroid dienone is 1. The van der Waals surface area contributed by atoms with Crippen LogP contribution in [-0.4, -0.2) is 11.0 Å². The van der Waals surface area contributed by atoms with Gasteiger partial charge in [0.15, 0.2) is 0 Å². The second-order valence-corrected chi connectivity index (χ2v) is 4.89. The quantitative estimate of drug-likeness (QED) is 0.325. The van der Waals surface area contributed by atoms with E-state index < -0.39 is 5.24 Å². The van der Waals surface area contributed by atoms with E-state index in [1.807, 2.05) is 30.0 Å². The molecule has 0 aromatic heterocycles. The number of carbonyl (C=O) groups is 1. The lowest BCUT2D eigenvalue weighted by Gasteiger charge is -2.04. The third-order valence-electron chi connectivity index (χ3n) is 2.07. The second-order valence-electron chi connectivity index (χ2n) is 3.38. The first-order valence-electron chi connectivity index (χ1n) is 5.33. The average molecular weight is 255 g/mol. The molecule has 0 aliphatic rings. The summed E-state index contributed by atoms with van der Waals surface area (Å²) in [4.78, 5) is 11.9. The molecule has 0 radical (unpaired) electrons. The van der Waals surface area contributed by atoms with Crippen LogP contribution in [0.5, 0.6) is 0 Å². The van der Waals surface area contributed by atoms with Gasteiger partial charge in [0.1, 0.15) is 0 Å². The number of hydrogen-bond donors (Lipinski definition) is 0. The van der Waals surface area contributed by atoms with Crippen molar-refractivity contribution < 1.29 is 4.79 Å². The molecule has 0 amide bonds. The largest absolute Gasteiger partial charge is 0.276 e. The van der Waals surface area contributed by atoms with Gasteiger partial charge in [-0.25, -0.2) is 0 Å². The van der Waals surface area contributed by atoms with Gasteiger partial charge < -0.3 is 0 Å². The van der Waals surface area contributed by atoms with E-state index in [4.69, 9.17) is 11.6 Å². The molecule has 0 saturated heterocycles. The van der Waals surface area contributed by atoms with Crippen LogP contribution >= 0.6 is 23.4 Å². The lowest BCUT2D eigenvalue weighted by molar-refractivity contribution is -0.107. The predicted molar refractivity (Wildman–Crippen MR) is 72.0 cm³/mol. The molecule has 3 heteroatoms. The van der Waals surface area contributed by atoms with Crippen LogP contribution in [-0.2, 0) is 4.79 Å². The molecule has 0 spiro atoms. The van der Waals surface area contributed by atoms with Crippen LogP contribution in [0.4, 0.5) is 0 Å². The monoisotopic (exact) mass is 254 g/mol. The molecule has 0 bridgehead atoms. The van der Waals surface area contributed by atoms with Gasteiger partial charge in [-0.15, -0.1) is 11.8 Å². The highest BCUT2D eigenvalue weighted by Gasteiger charge is 1.99. The first-order valence-corrected chi connectivity index (χ1v) is 6.69. The van der Waals surface area contributed by atoms with E-state index in [0.717, 1.165) is 11.3 Å². The summed E-state index contributed by atoms with van der Waals surface area (Å²) in [5.41, 5.74) is 1.05. The van der Waals surface area contributed by atoms with Crippen molar-refractivity contribution in [1.29, 1.82) is 0 Å². The highest BCUT2D eigenvalue weighted by molar-refractivity contribution is 7.99. The van der Waals surface area contributed by atoms with Crippen molar-refractivity contribution >= 4 is 34.7 Å². The minimum atomic E-state index is -0.437. The van der Waals surface area contributed by atoms with Crippen molar-refractivity contribution in [3.05, 3.63) is 35.9 Å². The van der Waals surface area contributed by atoms with E-state index in [-0.39, 0.29) is 0 Å². The summed E-state index contributed by atoms with van der Waals surface area (Å²) >= 11 is 7.09. The zero-order valence-corrected chi connectivity index (χ0v) is 10.9. The van der Waals surface area contributed by atoms with Crippen molar-refractivity contribution in [3.8, 4) is 0 Å². The van der Waals surface area contributed by atoms with Crippen LogP contribution < -0.4 is 0 Å². The van der Waals surface area contributed by atoms with E-state index in [1.165, 1.54) is 23.8 Å². The summed E-state index contributed by atoms with van der Waals surface area (Å²) in [6.07, 6.45) is 5.56. The minimum absolute atomic E-state index is 0.437. The Morgan fingerprint density at radius 1 is 1.44 bits per heavy atom. The maximum absolute atomic E-state index is 10.7. The van der Waals surface area contributed by atoms with Gasteiger partial charge in [-0.1, -0.05) is 31.5 Å². The lowest BCUT2D eigenvalue weighted by atomic mass is 10.2. The van der Waals surface area contributed by atoms with E-state index in [2.05, 4.69) is 13.0 Å². The highest BCUT2D eigenvalue weighted by atomic mass is 35.5. The van der Waals surface area contributed by atoms with Crippen LogP contribution in [0.3, 0.4) is 0 Å². The fourth-order valence-corrected chi connectivity index (χ4v) is 2.42. The first-order chi connectivity index (χ1) is 7.74. The van der Waals surface area contributed by atoms with Gasteiger partial charge in [-0.05, 0) is 47.6 Å². The summed E-state index contributed by atoms with van der Waals surface area (Å²) in [6.45, 7) is 2.18. The molecule has 0 saturated carbocycles. The Hall–Kier alpha value is -0.730. The van der Waals surface area contributed by atoms with Crippen LogP contribution in [0.25, 0.3) is 6.08 Å². The van der Waals surface area contributed by atoms with E-state index in [0.29, 0.717) is 0 Å². The summed E-state index contributed by atoms with van der Waals surface area (Å²) in [5.74, 6) is 1.11. The molecule has 16 heavy (non-hydrogen) atoms. The van der Waals surface area contributed by atoms with Crippen LogP contribution in [0, 0.1) is 0 Å². The van der Waals surface area contributed by atoms with E-state index in [9.17, 15) is 4.79 Å². The van der Waals surface area contributed by atoms with Gasteiger partial charge in [0.05, 0.1) is 0 Å². The topological polar surface area (TPSA) is 17.1 Å². The van der Waals surface area contributed by atoms with Crippen molar-refractivity contribution in [1.82, 2.24) is 0 Å². The van der Waals surface area contributed by atoms with Crippen molar-refractivity contribution in [2.75, 3.05) is 5.75 Å². The van der Waals surface area contributed by atoms with Gasteiger partial charge in [-0.3, -0.25) is 4.79 Å². The third-order valence-corrected chi connectivity index (χ3v) is 3.37. The summed E-state index contributed by atoms with van der Waals surface area (Å²) < 4.78 is 0. The Morgan fingerprint density at radius 3 is 2.88 bits per heavy atom. The fraction of sp³-hybridized carbons (Fsp3) is 0.308. The average Bonchev–Trinajstić information content (AvgIpc) is 2.28. The Bertz CT molecular complexity index is 374. The van der Waals surface area contributed by atoms with E-state index in [1.54, 1.807) is 6.08 Å². The lowest BCUT2D eigenvalue weighted by Crippen LogP contribution is -1.83. The maximum atomic E-state index is 10.7. The number of thioether (sulfide) groups is 1. The molecular formula is C13H15ClOS. The number of carbonyl (C=O) groups excluding carboxylic acids is 1. The fourth-order valence-electron chi connectivity index (χ4n) is 1.23. The first kappa shape index (κ1) is 13.3. The molecule has 0 unspecified atom stereocenters. The van der Waals surface area contributed by atoms with Crippen LogP contribution in [0.15, 0.2) is 35.2 Å². The molecule has 1 nitrogen and oxygen atoms in total. The molecule has 1 aromatic rings. The summed E-state index contributed by atoms with van der Waals surface area (Å²) in [6, 6.07) is 8.03.